The third-order valence-corrected chi connectivity index (χ3v) is 4.76. The molecule has 25 heavy (non-hydrogen) atoms. The van der Waals surface area contributed by atoms with Crippen LogP contribution in [-0.2, 0) is 9.53 Å². The number of benzene rings is 1. The van der Waals surface area contributed by atoms with Crippen LogP contribution in [0.15, 0.2) is 30.3 Å². The van der Waals surface area contributed by atoms with Crippen LogP contribution in [0, 0.1) is 18.3 Å². The van der Waals surface area contributed by atoms with Crippen LogP contribution in [0.2, 0.25) is 0 Å². The molecule has 1 atom stereocenters. The SMILES string of the molecule is Cc1nc(-c2ccccc2)sc1C(=O)O[C@H](C)C(=O)N(C)CCC#N. The zero-order valence-corrected chi connectivity index (χ0v) is 15.2. The number of carbonyl (C=O) groups is 2. The fourth-order valence-electron chi connectivity index (χ4n) is 2.19. The zero-order chi connectivity index (χ0) is 18.4. The summed E-state index contributed by atoms with van der Waals surface area (Å²) in [6.07, 6.45) is -0.685. The van der Waals surface area contributed by atoms with E-state index in [0.717, 1.165) is 10.6 Å². The number of amides is 1. The minimum Gasteiger partial charge on any atom is -0.448 e. The van der Waals surface area contributed by atoms with E-state index in [1.807, 2.05) is 36.4 Å². The minimum absolute atomic E-state index is 0.233. The van der Waals surface area contributed by atoms with Crippen molar-refractivity contribution in [1.29, 1.82) is 5.26 Å². The summed E-state index contributed by atoms with van der Waals surface area (Å²) in [5.74, 6) is -0.902. The molecule has 0 radical (unpaired) electrons. The van der Waals surface area contributed by atoms with Crippen molar-refractivity contribution in [3.63, 3.8) is 0 Å². The molecule has 0 aliphatic heterocycles. The highest BCUT2D eigenvalue weighted by Crippen LogP contribution is 2.28. The van der Waals surface area contributed by atoms with Gasteiger partial charge in [-0.05, 0) is 13.8 Å². The Morgan fingerprint density at radius 1 is 1.36 bits per heavy atom. The number of hydrogen-bond acceptors (Lipinski definition) is 6. The Morgan fingerprint density at radius 2 is 2.04 bits per heavy atom. The highest BCUT2D eigenvalue weighted by molar-refractivity contribution is 7.17. The van der Waals surface area contributed by atoms with Gasteiger partial charge in [0, 0.05) is 19.2 Å². The summed E-state index contributed by atoms with van der Waals surface area (Å²) in [7, 11) is 1.58. The molecule has 7 heteroatoms. The quantitative estimate of drug-likeness (QED) is 0.742. The molecular weight excluding hydrogens is 338 g/mol. The maximum atomic E-state index is 12.4. The van der Waals surface area contributed by atoms with E-state index < -0.39 is 12.1 Å². The van der Waals surface area contributed by atoms with Gasteiger partial charge in [0.15, 0.2) is 6.10 Å². The molecule has 0 aliphatic rings. The number of aryl methyl sites for hydroxylation is 1. The van der Waals surface area contributed by atoms with Crippen molar-refractivity contribution < 1.29 is 14.3 Å². The van der Waals surface area contributed by atoms with E-state index in [-0.39, 0.29) is 12.3 Å². The van der Waals surface area contributed by atoms with Crippen molar-refractivity contribution in [3.8, 4) is 16.6 Å². The first-order chi connectivity index (χ1) is 11.9. The molecule has 0 saturated heterocycles. The Balaban J connectivity index is 2.07. The summed E-state index contributed by atoms with van der Waals surface area (Å²) in [6.45, 7) is 3.57. The van der Waals surface area contributed by atoms with E-state index in [2.05, 4.69) is 4.98 Å². The van der Waals surface area contributed by atoms with Crippen molar-refractivity contribution in [1.82, 2.24) is 9.88 Å². The lowest BCUT2D eigenvalue weighted by Gasteiger charge is -2.20. The highest BCUT2D eigenvalue weighted by atomic mass is 32.1. The molecule has 2 rings (SSSR count). The van der Waals surface area contributed by atoms with Crippen molar-refractivity contribution in [2.24, 2.45) is 0 Å². The molecule has 130 valence electrons. The Hall–Kier alpha value is -2.72. The van der Waals surface area contributed by atoms with Gasteiger partial charge in [-0.15, -0.1) is 11.3 Å². The summed E-state index contributed by atoms with van der Waals surface area (Å²) in [5.41, 5.74) is 1.50. The van der Waals surface area contributed by atoms with Gasteiger partial charge >= 0.3 is 5.97 Å². The summed E-state index contributed by atoms with van der Waals surface area (Å²) in [6, 6.07) is 11.5. The first kappa shape index (κ1) is 18.6. The van der Waals surface area contributed by atoms with E-state index in [1.165, 1.54) is 23.2 Å². The van der Waals surface area contributed by atoms with Gasteiger partial charge in [0.25, 0.3) is 5.91 Å². The Morgan fingerprint density at radius 3 is 2.68 bits per heavy atom. The molecule has 0 N–H and O–H groups in total. The summed E-state index contributed by atoms with van der Waals surface area (Å²) in [4.78, 5) is 30.7. The lowest BCUT2D eigenvalue weighted by atomic mass is 10.2. The number of carbonyl (C=O) groups excluding carboxylic acids is 2. The van der Waals surface area contributed by atoms with Crippen LogP contribution >= 0.6 is 11.3 Å². The molecule has 0 saturated carbocycles. The van der Waals surface area contributed by atoms with Crippen LogP contribution in [0.3, 0.4) is 0 Å². The van der Waals surface area contributed by atoms with Crippen LogP contribution in [0.5, 0.6) is 0 Å². The van der Waals surface area contributed by atoms with E-state index in [1.54, 1.807) is 14.0 Å². The minimum atomic E-state index is -0.919. The molecular formula is C18H19N3O3S. The van der Waals surface area contributed by atoms with Gasteiger partial charge in [-0.2, -0.15) is 5.26 Å². The smallest absolute Gasteiger partial charge is 0.351 e. The first-order valence-electron chi connectivity index (χ1n) is 7.79. The molecule has 1 heterocycles. The fourth-order valence-corrected chi connectivity index (χ4v) is 3.15. The lowest BCUT2D eigenvalue weighted by Crippen LogP contribution is -2.37. The average molecular weight is 357 g/mol. The normalized spacial score (nSPS) is 11.4. The Kier molecular flexibility index (Phi) is 6.25. The van der Waals surface area contributed by atoms with Gasteiger partial charge in [-0.1, -0.05) is 30.3 Å². The van der Waals surface area contributed by atoms with Gasteiger partial charge in [0.1, 0.15) is 9.88 Å². The highest BCUT2D eigenvalue weighted by Gasteiger charge is 2.24. The van der Waals surface area contributed by atoms with Gasteiger partial charge in [0.05, 0.1) is 18.2 Å². The standard InChI is InChI=1S/C18H19N3O3S/c1-12-15(25-16(20-12)14-8-5-4-6-9-14)18(23)24-13(2)17(22)21(3)11-7-10-19/h4-6,8-9,13H,7,11H2,1-3H3/t13-/m1/s1. The van der Waals surface area contributed by atoms with Gasteiger partial charge in [0.2, 0.25) is 0 Å². The summed E-state index contributed by atoms with van der Waals surface area (Å²) in [5, 5.41) is 9.31. The van der Waals surface area contributed by atoms with Crippen molar-refractivity contribution in [2.45, 2.75) is 26.4 Å². The number of nitrogens with zero attached hydrogens (tertiary/aromatic N) is 3. The molecule has 0 aliphatic carbocycles. The van der Waals surface area contributed by atoms with Crippen LogP contribution in [0.1, 0.15) is 28.7 Å². The van der Waals surface area contributed by atoms with Crippen molar-refractivity contribution in [3.05, 3.63) is 40.9 Å². The molecule has 1 amide bonds. The number of aromatic nitrogens is 1. The molecule has 0 unspecified atom stereocenters. The van der Waals surface area contributed by atoms with Crippen molar-refractivity contribution in [2.75, 3.05) is 13.6 Å². The fraction of sp³-hybridized carbons (Fsp3) is 0.333. The molecule has 6 nitrogen and oxygen atoms in total. The lowest BCUT2D eigenvalue weighted by molar-refractivity contribution is -0.138. The molecule has 2 aromatic rings. The number of ether oxygens (including phenoxy) is 1. The van der Waals surface area contributed by atoms with E-state index in [4.69, 9.17) is 10.00 Å². The number of thiazole rings is 1. The Bertz CT molecular complexity index is 796. The van der Waals surface area contributed by atoms with Crippen LogP contribution in [0.25, 0.3) is 10.6 Å². The second kappa shape index (κ2) is 8.40. The summed E-state index contributed by atoms with van der Waals surface area (Å²) >= 11 is 1.24. The van der Waals surface area contributed by atoms with Crippen molar-refractivity contribution >= 4 is 23.2 Å². The average Bonchev–Trinajstić information content (AvgIpc) is 3.01. The predicted molar refractivity (Wildman–Crippen MR) is 95.0 cm³/mol. The van der Waals surface area contributed by atoms with E-state index >= 15 is 0 Å². The predicted octanol–water partition coefficient (Wildman–Crippen LogP) is 3.04. The number of hydrogen-bond donors (Lipinski definition) is 0. The molecule has 0 fully saturated rings. The van der Waals surface area contributed by atoms with E-state index in [0.29, 0.717) is 17.1 Å². The molecule has 0 spiro atoms. The first-order valence-corrected chi connectivity index (χ1v) is 8.61. The number of esters is 1. The second-order valence-electron chi connectivity index (χ2n) is 5.52. The topological polar surface area (TPSA) is 83.3 Å². The number of likely N-dealkylation sites (N-methyl/N-ethyl adjacent to an activating group) is 1. The second-order valence-corrected chi connectivity index (χ2v) is 6.51. The van der Waals surface area contributed by atoms with E-state index in [9.17, 15) is 9.59 Å². The maximum Gasteiger partial charge on any atom is 0.351 e. The van der Waals surface area contributed by atoms with Crippen LogP contribution < -0.4 is 0 Å². The zero-order valence-electron chi connectivity index (χ0n) is 14.4. The molecule has 1 aromatic heterocycles. The van der Waals surface area contributed by atoms with Gasteiger partial charge in [-0.3, -0.25) is 4.79 Å². The number of rotatable bonds is 6. The summed E-state index contributed by atoms with van der Waals surface area (Å²) < 4.78 is 5.29. The third kappa shape index (κ3) is 4.64. The molecule has 1 aromatic carbocycles. The largest absolute Gasteiger partial charge is 0.448 e. The number of nitriles is 1. The maximum absolute atomic E-state index is 12.4. The Labute approximate surface area is 150 Å². The third-order valence-electron chi connectivity index (χ3n) is 3.57. The van der Waals surface area contributed by atoms with Crippen LogP contribution in [-0.4, -0.2) is 41.5 Å². The molecule has 0 bridgehead atoms. The van der Waals surface area contributed by atoms with Crippen LogP contribution in [0.4, 0.5) is 0 Å². The monoisotopic (exact) mass is 357 g/mol. The van der Waals surface area contributed by atoms with Gasteiger partial charge in [-0.25, -0.2) is 9.78 Å². The van der Waals surface area contributed by atoms with Gasteiger partial charge < -0.3 is 9.64 Å².